The molecule has 1 aliphatic heterocycles. The lowest BCUT2D eigenvalue weighted by Gasteiger charge is -2.35. The molecule has 1 aliphatic rings. The summed E-state index contributed by atoms with van der Waals surface area (Å²) in [5.41, 5.74) is 1.19. The molecule has 0 radical (unpaired) electrons. The molecule has 0 saturated carbocycles. The van der Waals surface area contributed by atoms with Crippen molar-refractivity contribution in [3.63, 3.8) is 0 Å². The van der Waals surface area contributed by atoms with Crippen LogP contribution in [0.3, 0.4) is 0 Å². The van der Waals surface area contributed by atoms with Crippen molar-refractivity contribution in [1.82, 2.24) is 9.80 Å². The minimum Gasteiger partial charge on any atom is -0.324 e. The topological polar surface area (TPSA) is 78.7 Å². The first-order valence-corrected chi connectivity index (χ1v) is 7.93. The summed E-state index contributed by atoms with van der Waals surface area (Å²) < 4.78 is 0. The molecule has 1 heterocycles. The number of nitrogens with one attached hydrogen (secondary N) is 1. The van der Waals surface area contributed by atoms with Gasteiger partial charge in [0.05, 0.1) is 11.0 Å². The molecule has 0 aromatic heterocycles. The van der Waals surface area contributed by atoms with E-state index in [1.807, 2.05) is 13.8 Å². The normalized spacial score (nSPS) is 17.7. The second kappa shape index (κ2) is 7.52. The molecule has 0 spiro atoms. The molecule has 1 fully saturated rings. The van der Waals surface area contributed by atoms with E-state index in [0.29, 0.717) is 17.7 Å². The first-order chi connectivity index (χ1) is 10.9. The number of rotatable bonds is 5. The van der Waals surface area contributed by atoms with E-state index in [-0.39, 0.29) is 17.6 Å². The lowest BCUT2D eigenvalue weighted by Crippen LogP contribution is -2.51. The van der Waals surface area contributed by atoms with Crippen LogP contribution >= 0.6 is 0 Å². The van der Waals surface area contributed by atoms with Crippen molar-refractivity contribution in [2.75, 3.05) is 38.5 Å². The maximum atomic E-state index is 12.4. The largest absolute Gasteiger partial charge is 0.324 e. The number of benzene rings is 1. The Labute approximate surface area is 136 Å². The predicted octanol–water partition coefficient (Wildman–Crippen LogP) is 1.73. The molecular formula is C16H24N4O3. The zero-order chi connectivity index (χ0) is 17.0. The second-order valence-corrected chi connectivity index (χ2v) is 5.96. The van der Waals surface area contributed by atoms with Crippen molar-refractivity contribution in [3.8, 4) is 0 Å². The highest BCUT2D eigenvalue weighted by molar-refractivity contribution is 5.94. The summed E-state index contributed by atoms with van der Waals surface area (Å²) in [4.78, 5) is 27.5. The fraction of sp³-hybridized carbons (Fsp3) is 0.562. The number of likely N-dealkylation sites (N-methyl/N-ethyl adjacent to an activating group) is 1. The van der Waals surface area contributed by atoms with Crippen molar-refractivity contribution in [2.45, 2.75) is 26.3 Å². The number of hydrogen-bond donors (Lipinski definition) is 1. The number of piperazine rings is 1. The summed E-state index contributed by atoms with van der Waals surface area (Å²) in [5, 5.41) is 13.9. The van der Waals surface area contributed by atoms with Crippen LogP contribution in [-0.2, 0) is 11.2 Å². The quantitative estimate of drug-likeness (QED) is 0.660. The number of hydrogen-bond acceptors (Lipinski definition) is 5. The van der Waals surface area contributed by atoms with Gasteiger partial charge in [-0.2, -0.15) is 0 Å². The Hall–Kier alpha value is -1.99. The Morgan fingerprint density at radius 3 is 2.57 bits per heavy atom. The van der Waals surface area contributed by atoms with Gasteiger partial charge in [-0.1, -0.05) is 13.0 Å². The fourth-order valence-electron chi connectivity index (χ4n) is 2.73. The predicted molar refractivity (Wildman–Crippen MR) is 89.6 cm³/mol. The van der Waals surface area contributed by atoms with Crippen LogP contribution in [0, 0.1) is 10.1 Å². The Morgan fingerprint density at radius 1 is 1.35 bits per heavy atom. The van der Waals surface area contributed by atoms with E-state index in [1.54, 1.807) is 12.1 Å². The van der Waals surface area contributed by atoms with Crippen LogP contribution in [0.1, 0.15) is 19.4 Å². The second-order valence-electron chi connectivity index (χ2n) is 5.96. The molecule has 7 nitrogen and oxygen atoms in total. The van der Waals surface area contributed by atoms with Crippen molar-refractivity contribution in [3.05, 3.63) is 33.9 Å². The average Bonchev–Trinajstić information content (AvgIpc) is 2.54. The monoisotopic (exact) mass is 320 g/mol. The molecule has 1 aromatic rings. The average molecular weight is 320 g/mol. The Bertz CT molecular complexity index is 583. The molecule has 1 atom stereocenters. The van der Waals surface area contributed by atoms with Crippen molar-refractivity contribution >= 4 is 17.3 Å². The molecule has 126 valence electrons. The molecule has 1 amide bonds. The lowest BCUT2D eigenvalue weighted by atomic mass is 10.1. The number of carbonyl (C=O) groups excluding carboxylic acids is 1. The van der Waals surface area contributed by atoms with Crippen LogP contribution in [0.2, 0.25) is 0 Å². The van der Waals surface area contributed by atoms with Crippen molar-refractivity contribution < 1.29 is 9.72 Å². The van der Waals surface area contributed by atoms with Crippen LogP contribution in [-0.4, -0.2) is 59.9 Å². The molecule has 1 N–H and O–H groups in total. The summed E-state index contributed by atoms with van der Waals surface area (Å²) >= 11 is 0. The van der Waals surface area contributed by atoms with Gasteiger partial charge in [0.2, 0.25) is 5.91 Å². The van der Waals surface area contributed by atoms with Gasteiger partial charge in [-0.15, -0.1) is 0 Å². The van der Waals surface area contributed by atoms with E-state index in [2.05, 4.69) is 22.2 Å². The summed E-state index contributed by atoms with van der Waals surface area (Å²) in [5.74, 6) is -0.131. The van der Waals surface area contributed by atoms with Crippen LogP contribution in [0.25, 0.3) is 0 Å². The smallest absolute Gasteiger partial charge is 0.274 e. The molecule has 2 rings (SSSR count). The standard InChI is InChI=1S/C16H24N4O3/c1-4-13-5-6-14(11-15(13)20(22)23)17-16(21)12(2)19-9-7-18(3)8-10-19/h5-6,11-12H,4,7-10H2,1-3H3,(H,17,21)/t12-/m0/s1. The Morgan fingerprint density at radius 2 is 2.00 bits per heavy atom. The molecule has 0 unspecified atom stereocenters. The molecule has 0 bridgehead atoms. The maximum Gasteiger partial charge on any atom is 0.274 e. The summed E-state index contributed by atoms with van der Waals surface area (Å²) in [6.07, 6.45) is 0.586. The van der Waals surface area contributed by atoms with E-state index < -0.39 is 4.92 Å². The number of nitrogens with zero attached hydrogens (tertiary/aromatic N) is 3. The summed E-state index contributed by atoms with van der Waals surface area (Å²) in [6.45, 7) is 7.31. The van der Waals surface area contributed by atoms with Gasteiger partial charge >= 0.3 is 0 Å². The fourth-order valence-corrected chi connectivity index (χ4v) is 2.73. The van der Waals surface area contributed by atoms with Gasteiger partial charge < -0.3 is 10.2 Å². The molecule has 23 heavy (non-hydrogen) atoms. The summed E-state index contributed by atoms with van der Waals surface area (Å²) in [6, 6.07) is 4.61. The number of nitro groups is 1. The number of nitro benzene ring substituents is 1. The Kier molecular flexibility index (Phi) is 5.68. The molecular weight excluding hydrogens is 296 g/mol. The molecule has 1 aromatic carbocycles. The molecule has 0 aliphatic carbocycles. The third kappa shape index (κ3) is 4.27. The maximum absolute atomic E-state index is 12.4. The van der Waals surface area contributed by atoms with Crippen LogP contribution in [0.15, 0.2) is 18.2 Å². The van der Waals surface area contributed by atoms with Crippen molar-refractivity contribution in [2.24, 2.45) is 0 Å². The van der Waals surface area contributed by atoms with Gasteiger partial charge in [-0.3, -0.25) is 19.8 Å². The zero-order valence-corrected chi connectivity index (χ0v) is 13.9. The van der Waals surface area contributed by atoms with Crippen LogP contribution in [0.4, 0.5) is 11.4 Å². The van der Waals surface area contributed by atoms with Gasteiger partial charge in [0.15, 0.2) is 0 Å². The SMILES string of the molecule is CCc1ccc(NC(=O)[C@H](C)N2CCN(C)CC2)cc1[N+](=O)[O-]. The third-order valence-electron chi connectivity index (χ3n) is 4.40. The van der Waals surface area contributed by atoms with E-state index in [9.17, 15) is 14.9 Å². The van der Waals surface area contributed by atoms with Gasteiger partial charge in [0.25, 0.3) is 5.69 Å². The van der Waals surface area contributed by atoms with E-state index in [0.717, 1.165) is 26.2 Å². The van der Waals surface area contributed by atoms with E-state index >= 15 is 0 Å². The first-order valence-electron chi connectivity index (χ1n) is 7.93. The van der Waals surface area contributed by atoms with E-state index in [1.165, 1.54) is 6.07 Å². The lowest BCUT2D eigenvalue weighted by molar-refractivity contribution is -0.385. The van der Waals surface area contributed by atoms with Gasteiger partial charge in [0.1, 0.15) is 0 Å². The first kappa shape index (κ1) is 17.4. The zero-order valence-electron chi connectivity index (χ0n) is 13.9. The van der Waals surface area contributed by atoms with E-state index in [4.69, 9.17) is 0 Å². The number of carbonyl (C=O) groups is 1. The molecule has 1 saturated heterocycles. The summed E-state index contributed by atoms with van der Waals surface area (Å²) in [7, 11) is 2.07. The third-order valence-corrected chi connectivity index (χ3v) is 4.40. The highest BCUT2D eigenvalue weighted by Crippen LogP contribution is 2.24. The number of amides is 1. The molecule has 7 heteroatoms. The van der Waals surface area contributed by atoms with Gasteiger partial charge in [-0.05, 0) is 26.5 Å². The number of aryl methyl sites for hydroxylation is 1. The minimum atomic E-state index is -0.404. The Balaban J connectivity index is 2.05. The van der Waals surface area contributed by atoms with Crippen molar-refractivity contribution in [1.29, 1.82) is 0 Å². The van der Waals surface area contributed by atoms with Crippen LogP contribution in [0.5, 0.6) is 0 Å². The van der Waals surface area contributed by atoms with Gasteiger partial charge in [0, 0.05) is 43.5 Å². The van der Waals surface area contributed by atoms with Gasteiger partial charge in [-0.25, -0.2) is 0 Å². The minimum absolute atomic E-state index is 0.0533. The highest BCUT2D eigenvalue weighted by atomic mass is 16.6. The van der Waals surface area contributed by atoms with Crippen LogP contribution < -0.4 is 5.32 Å². The highest BCUT2D eigenvalue weighted by Gasteiger charge is 2.25. The number of anilines is 1.